The second-order valence-electron chi connectivity index (χ2n) is 5.70. The van der Waals surface area contributed by atoms with Crippen molar-refractivity contribution in [2.45, 2.75) is 31.7 Å². The number of hydrogen-bond donors (Lipinski definition) is 1. The summed E-state index contributed by atoms with van der Waals surface area (Å²) < 4.78 is 14.1. The van der Waals surface area contributed by atoms with Crippen LogP contribution < -0.4 is 5.32 Å². The molecule has 104 valence electrons. The second kappa shape index (κ2) is 5.37. The van der Waals surface area contributed by atoms with E-state index in [-0.39, 0.29) is 11.9 Å². The number of hydrogen-bond acceptors (Lipinski definition) is 1. The molecule has 2 aromatic rings. The van der Waals surface area contributed by atoms with Gasteiger partial charge in [-0.05, 0) is 55.5 Å². The average molecular weight is 269 g/mol. The normalized spacial score (nSPS) is 18.2. The molecule has 0 radical (unpaired) electrons. The maximum atomic E-state index is 14.1. The molecule has 3 rings (SSSR count). The summed E-state index contributed by atoms with van der Waals surface area (Å²) in [5, 5.41) is 3.27. The first-order valence-electron chi connectivity index (χ1n) is 7.20. The molecule has 0 bridgehead atoms. The fourth-order valence-electron chi connectivity index (χ4n) is 3.17. The topological polar surface area (TPSA) is 12.0 Å². The number of rotatable bonds is 4. The lowest BCUT2D eigenvalue weighted by Crippen LogP contribution is -2.25. The van der Waals surface area contributed by atoms with Crippen LogP contribution in [0.4, 0.5) is 4.39 Å². The molecule has 1 aliphatic carbocycles. The van der Waals surface area contributed by atoms with E-state index in [2.05, 4.69) is 29.6 Å². The maximum absolute atomic E-state index is 14.1. The smallest absolute Gasteiger partial charge is 0.128 e. The first-order chi connectivity index (χ1) is 9.69. The van der Waals surface area contributed by atoms with E-state index in [0.29, 0.717) is 5.92 Å². The molecular weight excluding hydrogens is 249 g/mol. The van der Waals surface area contributed by atoms with Crippen molar-refractivity contribution in [3.8, 4) is 0 Å². The fraction of sp³-hybridized carbons (Fsp3) is 0.333. The van der Waals surface area contributed by atoms with Crippen molar-refractivity contribution in [3.05, 3.63) is 70.5 Å². The summed E-state index contributed by atoms with van der Waals surface area (Å²) in [4.78, 5) is 0. The monoisotopic (exact) mass is 269 g/mol. The Morgan fingerprint density at radius 1 is 1.25 bits per heavy atom. The minimum atomic E-state index is -0.100. The maximum Gasteiger partial charge on any atom is 0.128 e. The third-order valence-corrected chi connectivity index (χ3v) is 4.36. The molecule has 0 saturated heterocycles. The summed E-state index contributed by atoms with van der Waals surface area (Å²) in [5.41, 5.74) is 4.62. The summed E-state index contributed by atoms with van der Waals surface area (Å²) in [6.07, 6.45) is 2.06. The molecule has 2 heteroatoms. The molecule has 0 heterocycles. The van der Waals surface area contributed by atoms with Gasteiger partial charge in [0, 0.05) is 11.6 Å². The summed E-state index contributed by atoms with van der Waals surface area (Å²) in [7, 11) is 1.91. The molecule has 2 aromatic carbocycles. The Labute approximate surface area is 119 Å². The molecule has 2 atom stereocenters. The third-order valence-electron chi connectivity index (χ3n) is 4.36. The molecular formula is C18H20FN. The van der Waals surface area contributed by atoms with Crippen LogP contribution in [0, 0.1) is 12.7 Å². The zero-order chi connectivity index (χ0) is 14.1. The highest BCUT2D eigenvalue weighted by atomic mass is 19.1. The van der Waals surface area contributed by atoms with Gasteiger partial charge in [0.15, 0.2) is 0 Å². The van der Waals surface area contributed by atoms with E-state index in [0.717, 1.165) is 24.0 Å². The van der Waals surface area contributed by atoms with Crippen LogP contribution in [-0.4, -0.2) is 7.05 Å². The molecule has 1 N–H and O–H groups in total. The lowest BCUT2D eigenvalue weighted by Gasteiger charge is -2.33. The summed E-state index contributed by atoms with van der Waals surface area (Å²) in [5.74, 6) is 0.446. The average Bonchev–Trinajstić information content (AvgIpc) is 2.41. The van der Waals surface area contributed by atoms with Crippen molar-refractivity contribution >= 4 is 0 Å². The highest BCUT2D eigenvalue weighted by Gasteiger charge is 2.28. The van der Waals surface area contributed by atoms with Crippen molar-refractivity contribution in [3.63, 3.8) is 0 Å². The number of halogens is 1. The molecule has 1 nitrogen and oxygen atoms in total. The Hall–Kier alpha value is -1.67. The van der Waals surface area contributed by atoms with Gasteiger partial charge in [0.25, 0.3) is 0 Å². The highest BCUT2D eigenvalue weighted by Crippen LogP contribution is 2.40. The van der Waals surface area contributed by atoms with Crippen molar-refractivity contribution in [1.29, 1.82) is 0 Å². The van der Waals surface area contributed by atoms with Gasteiger partial charge in [-0.3, -0.25) is 0 Å². The molecule has 0 fully saturated rings. The minimum Gasteiger partial charge on any atom is -0.313 e. The van der Waals surface area contributed by atoms with E-state index in [4.69, 9.17) is 0 Å². The van der Waals surface area contributed by atoms with Crippen LogP contribution in [0.2, 0.25) is 0 Å². The largest absolute Gasteiger partial charge is 0.313 e. The zero-order valence-electron chi connectivity index (χ0n) is 12.0. The lowest BCUT2D eigenvalue weighted by atomic mass is 9.73. The van der Waals surface area contributed by atoms with Gasteiger partial charge in [-0.25, -0.2) is 4.39 Å². The first-order valence-corrected chi connectivity index (χ1v) is 7.20. The van der Waals surface area contributed by atoms with E-state index in [1.165, 1.54) is 11.1 Å². The van der Waals surface area contributed by atoms with Gasteiger partial charge < -0.3 is 5.32 Å². The Morgan fingerprint density at radius 2 is 2.05 bits per heavy atom. The summed E-state index contributed by atoms with van der Waals surface area (Å²) in [6, 6.07) is 14.2. The van der Waals surface area contributed by atoms with Crippen molar-refractivity contribution < 1.29 is 4.39 Å². The zero-order valence-corrected chi connectivity index (χ0v) is 12.0. The second-order valence-corrected chi connectivity index (χ2v) is 5.70. The summed E-state index contributed by atoms with van der Waals surface area (Å²) in [6.45, 7) is 1.92. The van der Waals surface area contributed by atoms with Crippen LogP contribution in [0.3, 0.4) is 0 Å². The molecule has 2 unspecified atom stereocenters. The van der Waals surface area contributed by atoms with Crippen LogP contribution in [0.1, 0.15) is 40.6 Å². The van der Waals surface area contributed by atoms with E-state index >= 15 is 0 Å². The van der Waals surface area contributed by atoms with Crippen molar-refractivity contribution in [2.75, 3.05) is 7.05 Å². The Morgan fingerprint density at radius 3 is 2.75 bits per heavy atom. The van der Waals surface area contributed by atoms with Crippen molar-refractivity contribution in [2.24, 2.45) is 0 Å². The Balaban J connectivity index is 1.79. The van der Waals surface area contributed by atoms with E-state index in [1.54, 1.807) is 6.07 Å². The van der Waals surface area contributed by atoms with Gasteiger partial charge in [0.2, 0.25) is 0 Å². The molecule has 0 amide bonds. The van der Waals surface area contributed by atoms with Gasteiger partial charge in [-0.1, -0.05) is 36.4 Å². The van der Waals surface area contributed by atoms with Gasteiger partial charge in [-0.2, -0.15) is 0 Å². The van der Waals surface area contributed by atoms with Crippen LogP contribution in [0.25, 0.3) is 0 Å². The summed E-state index contributed by atoms with van der Waals surface area (Å²) >= 11 is 0. The predicted molar refractivity (Wildman–Crippen MR) is 80.4 cm³/mol. The molecule has 1 aliphatic rings. The van der Waals surface area contributed by atoms with E-state index < -0.39 is 0 Å². The number of benzene rings is 2. The molecule has 0 spiro atoms. The molecule has 0 aromatic heterocycles. The number of nitrogens with one attached hydrogen (secondary N) is 1. The molecule has 0 saturated carbocycles. The van der Waals surface area contributed by atoms with Gasteiger partial charge >= 0.3 is 0 Å². The number of aryl methyl sites for hydroxylation is 1. The van der Waals surface area contributed by atoms with Crippen LogP contribution in [-0.2, 0) is 6.42 Å². The van der Waals surface area contributed by atoms with Gasteiger partial charge in [-0.15, -0.1) is 0 Å². The van der Waals surface area contributed by atoms with Crippen LogP contribution in [0.15, 0.2) is 42.5 Å². The van der Waals surface area contributed by atoms with Crippen LogP contribution >= 0.6 is 0 Å². The van der Waals surface area contributed by atoms with Crippen molar-refractivity contribution in [1.82, 2.24) is 5.32 Å². The van der Waals surface area contributed by atoms with E-state index in [1.807, 2.05) is 26.1 Å². The molecule has 0 aliphatic heterocycles. The minimum absolute atomic E-state index is 0.0777. The van der Waals surface area contributed by atoms with Gasteiger partial charge in [0.1, 0.15) is 5.82 Å². The standard InChI is InChI=1S/C18H20FN/c1-12-7-8-16(17(19)9-12)18(20-2)11-14-10-13-5-3-4-6-15(13)14/h3-9,14,18,20H,10-11H2,1-2H3. The fourth-order valence-corrected chi connectivity index (χ4v) is 3.17. The van der Waals surface area contributed by atoms with Gasteiger partial charge in [0.05, 0.1) is 0 Å². The number of fused-ring (bicyclic) bond motifs is 1. The lowest BCUT2D eigenvalue weighted by molar-refractivity contribution is 0.437. The first kappa shape index (κ1) is 13.3. The highest BCUT2D eigenvalue weighted by molar-refractivity contribution is 5.40. The van der Waals surface area contributed by atoms with E-state index in [9.17, 15) is 4.39 Å². The Kier molecular flexibility index (Phi) is 3.58. The third kappa shape index (κ3) is 2.36. The predicted octanol–water partition coefficient (Wildman–Crippen LogP) is 4.12. The SMILES string of the molecule is CNC(CC1Cc2ccccc21)c1ccc(C)cc1F. The Bertz CT molecular complexity index is 621. The molecule has 20 heavy (non-hydrogen) atoms. The van der Waals surface area contributed by atoms with Crippen LogP contribution in [0.5, 0.6) is 0 Å². The quantitative estimate of drug-likeness (QED) is 0.880.